The molecule has 0 heterocycles. The average Bonchev–Trinajstić information content (AvgIpc) is 2.39. The molecule has 0 spiro atoms. The molecule has 0 saturated carbocycles. The third-order valence-corrected chi connectivity index (χ3v) is 3.61. The first kappa shape index (κ1) is 15.7. The predicted molar refractivity (Wildman–Crippen MR) is 77.2 cm³/mol. The van der Waals surface area contributed by atoms with Crippen molar-refractivity contribution in [1.29, 1.82) is 0 Å². The molecule has 0 aliphatic heterocycles. The Morgan fingerprint density at radius 3 is 2.32 bits per heavy atom. The van der Waals surface area contributed by atoms with Crippen molar-refractivity contribution in [3.63, 3.8) is 0 Å². The summed E-state index contributed by atoms with van der Waals surface area (Å²) in [6.45, 7) is 9.99. The quantitative estimate of drug-likeness (QED) is 0.769. The molecule has 1 aromatic carbocycles. The van der Waals surface area contributed by atoms with Crippen LogP contribution in [0.1, 0.15) is 26.3 Å². The van der Waals surface area contributed by atoms with E-state index >= 15 is 0 Å². The number of methoxy groups -OCH3 is 1. The largest absolute Gasteiger partial charge is 0.497 e. The lowest BCUT2D eigenvalue weighted by molar-refractivity contribution is -0.0614. The van der Waals surface area contributed by atoms with E-state index in [-0.39, 0.29) is 11.5 Å². The van der Waals surface area contributed by atoms with Crippen molar-refractivity contribution in [3.8, 4) is 5.75 Å². The van der Waals surface area contributed by atoms with E-state index in [2.05, 4.69) is 6.58 Å². The van der Waals surface area contributed by atoms with Crippen molar-refractivity contribution in [1.82, 2.24) is 0 Å². The van der Waals surface area contributed by atoms with Gasteiger partial charge in [-0.1, -0.05) is 32.1 Å². The number of benzene rings is 1. The molecule has 0 aliphatic carbocycles. The number of hydrogen-bond donors (Lipinski definition) is 1. The predicted octanol–water partition coefficient (Wildman–Crippen LogP) is 3.17. The van der Waals surface area contributed by atoms with Crippen LogP contribution in [0.5, 0.6) is 5.75 Å². The first-order valence-electron chi connectivity index (χ1n) is 6.47. The van der Waals surface area contributed by atoms with E-state index in [0.29, 0.717) is 6.61 Å². The first-order valence-corrected chi connectivity index (χ1v) is 6.47. The normalized spacial score (nSPS) is 14.8. The highest BCUT2D eigenvalue weighted by atomic mass is 16.5. The number of aliphatic hydroxyl groups is 1. The number of hydrogen-bond acceptors (Lipinski definition) is 3. The van der Waals surface area contributed by atoms with Crippen LogP contribution in [0.4, 0.5) is 0 Å². The maximum Gasteiger partial charge on any atom is 0.118 e. The molecule has 3 nitrogen and oxygen atoms in total. The van der Waals surface area contributed by atoms with Gasteiger partial charge in [0.05, 0.1) is 25.9 Å². The second-order valence-electron chi connectivity index (χ2n) is 5.31. The Bertz CT molecular complexity index is 393. The van der Waals surface area contributed by atoms with Gasteiger partial charge in [0.25, 0.3) is 0 Å². The molecular weight excluding hydrogens is 240 g/mol. The Balaban J connectivity index is 2.65. The van der Waals surface area contributed by atoms with Gasteiger partial charge in [-0.2, -0.15) is 0 Å². The molecule has 0 bridgehead atoms. The van der Waals surface area contributed by atoms with Crippen LogP contribution in [0.15, 0.2) is 36.9 Å². The summed E-state index contributed by atoms with van der Waals surface area (Å²) in [7, 11) is 1.64. The first-order chi connectivity index (χ1) is 8.91. The molecule has 106 valence electrons. The molecule has 0 saturated heterocycles. The molecule has 1 unspecified atom stereocenters. The Morgan fingerprint density at radius 2 is 1.89 bits per heavy atom. The summed E-state index contributed by atoms with van der Waals surface area (Å²) in [5.74, 6) is 0.827. The zero-order valence-electron chi connectivity index (χ0n) is 12.2. The van der Waals surface area contributed by atoms with E-state index in [1.165, 1.54) is 0 Å². The highest BCUT2D eigenvalue weighted by Crippen LogP contribution is 2.29. The molecule has 0 radical (unpaired) electrons. The molecule has 3 heteroatoms. The maximum atomic E-state index is 9.80. The van der Waals surface area contributed by atoms with Crippen LogP contribution in [0.3, 0.4) is 0 Å². The summed E-state index contributed by atoms with van der Waals surface area (Å²) in [4.78, 5) is 0. The standard InChI is InChI=1S/C16H24O3/c1-6-15(16(3,4)12(2)17)19-11-13-7-9-14(18-5)10-8-13/h6-10,12,15,17H,1,11H2,2-5H3/t12?,15-/m0/s1. The van der Waals surface area contributed by atoms with Crippen molar-refractivity contribution in [2.45, 2.75) is 39.6 Å². The monoisotopic (exact) mass is 264 g/mol. The lowest BCUT2D eigenvalue weighted by Crippen LogP contribution is -2.39. The van der Waals surface area contributed by atoms with Gasteiger partial charge in [0.1, 0.15) is 5.75 Å². The van der Waals surface area contributed by atoms with Crippen LogP contribution in [0, 0.1) is 5.41 Å². The maximum absolute atomic E-state index is 9.80. The molecule has 0 amide bonds. The summed E-state index contributed by atoms with van der Waals surface area (Å²) < 4.78 is 11.0. The van der Waals surface area contributed by atoms with E-state index in [1.807, 2.05) is 38.1 Å². The minimum Gasteiger partial charge on any atom is -0.497 e. The van der Waals surface area contributed by atoms with Gasteiger partial charge < -0.3 is 14.6 Å². The smallest absolute Gasteiger partial charge is 0.118 e. The lowest BCUT2D eigenvalue weighted by Gasteiger charge is -2.34. The van der Waals surface area contributed by atoms with Crippen molar-refractivity contribution in [2.75, 3.05) is 7.11 Å². The molecule has 1 aromatic rings. The minimum absolute atomic E-state index is 0.199. The Labute approximate surface area is 115 Å². The summed E-state index contributed by atoms with van der Waals surface area (Å²) in [6.07, 6.45) is 1.08. The van der Waals surface area contributed by atoms with Gasteiger partial charge in [-0.05, 0) is 24.6 Å². The average molecular weight is 264 g/mol. The Hall–Kier alpha value is -1.32. The fourth-order valence-corrected chi connectivity index (χ4v) is 1.73. The topological polar surface area (TPSA) is 38.7 Å². The van der Waals surface area contributed by atoms with Gasteiger partial charge >= 0.3 is 0 Å². The van der Waals surface area contributed by atoms with E-state index in [4.69, 9.17) is 9.47 Å². The van der Waals surface area contributed by atoms with Crippen LogP contribution in [-0.2, 0) is 11.3 Å². The number of rotatable bonds is 7. The molecule has 0 fully saturated rings. The van der Waals surface area contributed by atoms with Gasteiger partial charge in [-0.15, -0.1) is 6.58 Å². The fourth-order valence-electron chi connectivity index (χ4n) is 1.73. The van der Waals surface area contributed by atoms with Crippen molar-refractivity contribution >= 4 is 0 Å². The summed E-state index contributed by atoms with van der Waals surface area (Å²) in [6, 6.07) is 7.74. The molecule has 0 aliphatic rings. The van der Waals surface area contributed by atoms with Gasteiger partial charge in [0, 0.05) is 5.41 Å². The molecule has 1 rings (SSSR count). The molecular formula is C16H24O3. The summed E-state index contributed by atoms with van der Waals surface area (Å²) >= 11 is 0. The van der Waals surface area contributed by atoms with E-state index in [9.17, 15) is 5.11 Å². The van der Waals surface area contributed by atoms with Crippen LogP contribution in [-0.4, -0.2) is 24.4 Å². The van der Waals surface area contributed by atoms with Crippen LogP contribution in [0.25, 0.3) is 0 Å². The third-order valence-electron chi connectivity index (χ3n) is 3.61. The van der Waals surface area contributed by atoms with E-state index in [1.54, 1.807) is 20.1 Å². The van der Waals surface area contributed by atoms with Gasteiger partial charge in [0.2, 0.25) is 0 Å². The third kappa shape index (κ3) is 4.08. The zero-order valence-corrected chi connectivity index (χ0v) is 12.2. The second-order valence-corrected chi connectivity index (χ2v) is 5.31. The van der Waals surface area contributed by atoms with Crippen LogP contribution >= 0.6 is 0 Å². The van der Waals surface area contributed by atoms with Gasteiger partial charge in [0.15, 0.2) is 0 Å². The van der Waals surface area contributed by atoms with Crippen LogP contribution in [0.2, 0.25) is 0 Å². The minimum atomic E-state index is -0.466. The van der Waals surface area contributed by atoms with E-state index < -0.39 is 6.10 Å². The number of aliphatic hydroxyl groups excluding tert-OH is 1. The Morgan fingerprint density at radius 1 is 1.32 bits per heavy atom. The van der Waals surface area contributed by atoms with Gasteiger partial charge in [-0.25, -0.2) is 0 Å². The highest BCUT2D eigenvalue weighted by molar-refractivity contribution is 5.26. The van der Waals surface area contributed by atoms with E-state index in [0.717, 1.165) is 11.3 Å². The lowest BCUT2D eigenvalue weighted by atomic mass is 9.81. The highest BCUT2D eigenvalue weighted by Gasteiger charge is 2.32. The van der Waals surface area contributed by atoms with Crippen molar-refractivity contribution in [3.05, 3.63) is 42.5 Å². The molecule has 0 aromatic heterocycles. The fraction of sp³-hybridized carbons (Fsp3) is 0.500. The Kier molecular flexibility index (Phi) is 5.58. The van der Waals surface area contributed by atoms with Crippen LogP contribution < -0.4 is 4.74 Å². The second kappa shape index (κ2) is 6.73. The SMILES string of the molecule is C=C[C@H](OCc1ccc(OC)cc1)C(C)(C)C(C)O. The number of ether oxygens (including phenoxy) is 2. The molecule has 2 atom stereocenters. The van der Waals surface area contributed by atoms with Gasteiger partial charge in [-0.3, -0.25) is 0 Å². The summed E-state index contributed by atoms with van der Waals surface area (Å²) in [5, 5.41) is 9.80. The van der Waals surface area contributed by atoms with Crippen molar-refractivity contribution < 1.29 is 14.6 Å². The van der Waals surface area contributed by atoms with Crippen molar-refractivity contribution in [2.24, 2.45) is 5.41 Å². The zero-order chi connectivity index (χ0) is 14.5. The summed E-state index contributed by atoms with van der Waals surface area (Å²) in [5.41, 5.74) is 0.697. The molecule has 1 N–H and O–H groups in total. The molecule has 19 heavy (non-hydrogen) atoms.